The van der Waals surface area contributed by atoms with E-state index in [0.29, 0.717) is 0 Å². The lowest BCUT2D eigenvalue weighted by molar-refractivity contribution is 0.388. The second-order valence-corrected chi connectivity index (χ2v) is 4.67. The van der Waals surface area contributed by atoms with Gasteiger partial charge in [0, 0.05) is 13.1 Å². The largest absolute Gasteiger partial charge is 0.312 e. The Balaban J connectivity index is 1.70. The first-order valence-electron chi connectivity index (χ1n) is 5.88. The van der Waals surface area contributed by atoms with Crippen molar-refractivity contribution in [3.63, 3.8) is 0 Å². The van der Waals surface area contributed by atoms with E-state index in [1.807, 2.05) is 12.1 Å². The van der Waals surface area contributed by atoms with Crippen molar-refractivity contribution in [1.29, 1.82) is 0 Å². The highest BCUT2D eigenvalue weighted by atomic mass is 19.1. The van der Waals surface area contributed by atoms with Gasteiger partial charge in [0.15, 0.2) is 0 Å². The number of halogens is 1. The van der Waals surface area contributed by atoms with Crippen molar-refractivity contribution in [3.8, 4) is 0 Å². The van der Waals surface area contributed by atoms with Gasteiger partial charge in [-0.25, -0.2) is 4.39 Å². The predicted octanol–water partition coefficient (Wildman–Crippen LogP) is 1.87. The van der Waals surface area contributed by atoms with E-state index in [0.717, 1.165) is 24.6 Å². The maximum Gasteiger partial charge on any atom is 0.123 e. The fourth-order valence-corrected chi connectivity index (χ4v) is 2.22. The van der Waals surface area contributed by atoms with Crippen LogP contribution in [0.3, 0.4) is 0 Å². The maximum atomic E-state index is 12.7. The molecule has 0 aromatic heterocycles. The molecule has 1 aromatic rings. The molecule has 2 rings (SSSR count). The molecule has 0 spiro atoms. The minimum Gasteiger partial charge on any atom is -0.312 e. The molecular weight excluding hydrogens is 203 g/mol. The topological polar surface area (TPSA) is 15.3 Å². The summed E-state index contributed by atoms with van der Waals surface area (Å²) >= 11 is 0. The first-order chi connectivity index (χ1) is 7.74. The highest BCUT2D eigenvalue weighted by Crippen LogP contribution is 2.13. The zero-order valence-corrected chi connectivity index (χ0v) is 9.75. The number of benzene rings is 1. The van der Waals surface area contributed by atoms with Crippen molar-refractivity contribution in [2.45, 2.75) is 13.0 Å². The third-order valence-electron chi connectivity index (χ3n) is 3.16. The summed E-state index contributed by atoms with van der Waals surface area (Å²) < 4.78 is 12.7. The minimum absolute atomic E-state index is 0.166. The maximum absolute atomic E-state index is 12.7. The van der Waals surface area contributed by atoms with Gasteiger partial charge in [-0.2, -0.15) is 0 Å². The number of nitrogens with one attached hydrogen (secondary N) is 1. The van der Waals surface area contributed by atoms with Crippen molar-refractivity contribution in [2.75, 3.05) is 26.7 Å². The monoisotopic (exact) mass is 222 g/mol. The summed E-state index contributed by atoms with van der Waals surface area (Å²) in [6.07, 6.45) is 1.28. The van der Waals surface area contributed by atoms with Crippen LogP contribution in [-0.4, -0.2) is 31.6 Å². The van der Waals surface area contributed by atoms with Gasteiger partial charge in [0.05, 0.1) is 0 Å². The Morgan fingerprint density at radius 2 is 2.12 bits per heavy atom. The Kier molecular flexibility index (Phi) is 3.91. The first kappa shape index (κ1) is 11.6. The van der Waals surface area contributed by atoms with E-state index < -0.39 is 0 Å². The van der Waals surface area contributed by atoms with Gasteiger partial charge < -0.3 is 10.2 Å². The van der Waals surface area contributed by atoms with Gasteiger partial charge in [-0.1, -0.05) is 12.1 Å². The Morgan fingerprint density at radius 1 is 1.38 bits per heavy atom. The van der Waals surface area contributed by atoms with E-state index in [1.165, 1.54) is 31.6 Å². The van der Waals surface area contributed by atoms with Crippen LogP contribution >= 0.6 is 0 Å². The van der Waals surface area contributed by atoms with Crippen molar-refractivity contribution in [3.05, 3.63) is 35.6 Å². The number of rotatable bonds is 4. The average Bonchev–Trinajstić information content (AvgIpc) is 2.67. The van der Waals surface area contributed by atoms with Gasteiger partial charge >= 0.3 is 0 Å². The number of likely N-dealkylation sites (tertiary alicyclic amines) is 1. The lowest BCUT2D eigenvalue weighted by Crippen LogP contribution is -2.24. The predicted molar refractivity (Wildman–Crippen MR) is 63.7 cm³/mol. The molecule has 1 N–H and O–H groups in total. The average molecular weight is 222 g/mol. The zero-order valence-electron chi connectivity index (χ0n) is 9.75. The molecule has 0 saturated carbocycles. The van der Waals surface area contributed by atoms with E-state index in [9.17, 15) is 4.39 Å². The van der Waals surface area contributed by atoms with Gasteiger partial charge in [0.1, 0.15) is 5.82 Å². The normalized spacial score (nSPS) is 21.5. The van der Waals surface area contributed by atoms with E-state index >= 15 is 0 Å². The molecule has 88 valence electrons. The first-order valence-corrected chi connectivity index (χ1v) is 5.88. The van der Waals surface area contributed by atoms with Crippen LogP contribution in [0.5, 0.6) is 0 Å². The summed E-state index contributed by atoms with van der Waals surface area (Å²) in [5.74, 6) is 0.603. The number of hydrogen-bond donors (Lipinski definition) is 1. The summed E-state index contributed by atoms with van der Waals surface area (Å²) in [4.78, 5) is 2.37. The highest BCUT2D eigenvalue weighted by Gasteiger charge is 2.18. The Hall–Kier alpha value is -0.930. The van der Waals surface area contributed by atoms with Crippen LogP contribution in [0.2, 0.25) is 0 Å². The molecule has 0 aliphatic carbocycles. The van der Waals surface area contributed by atoms with E-state index in [1.54, 1.807) is 0 Å². The van der Waals surface area contributed by atoms with Gasteiger partial charge in [0.2, 0.25) is 0 Å². The van der Waals surface area contributed by atoms with Crippen molar-refractivity contribution < 1.29 is 4.39 Å². The lowest BCUT2D eigenvalue weighted by Gasteiger charge is -2.11. The molecule has 2 nitrogen and oxygen atoms in total. The molecule has 1 unspecified atom stereocenters. The van der Waals surface area contributed by atoms with Crippen LogP contribution in [0.4, 0.5) is 4.39 Å². The van der Waals surface area contributed by atoms with Crippen LogP contribution < -0.4 is 5.32 Å². The quantitative estimate of drug-likeness (QED) is 0.836. The van der Waals surface area contributed by atoms with Crippen LogP contribution in [0.25, 0.3) is 0 Å². The standard InChI is InChI=1S/C13H19FN2/c1-16-7-6-12(10-16)9-15-8-11-2-4-13(14)5-3-11/h2-5,12,15H,6-10H2,1H3. The molecule has 1 aliphatic heterocycles. The minimum atomic E-state index is -0.166. The summed E-state index contributed by atoms with van der Waals surface area (Å²) in [6, 6.07) is 6.70. The second-order valence-electron chi connectivity index (χ2n) is 4.67. The highest BCUT2D eigenvalue weighted by molar-refractivity contribution is 5.15. The van der Waals surface area contributed by atoms with Crippen molar-refractivity contribution in [2.24, 2.45) is 5.92 Å². The van der Waals surface area contributed by atoms with Crippen molar-refractivity contribution in [1.82, 2.24) is 10.2 Å². The molecule has 1 aliphatic rings. The molecule has 0 radical (unpaired) electrons. The molecule has 16 heavy (non-hydrogen) atoms. The van der Waals surface area contributed by atoms with Gasteiger partial charge in [-0.15, -0.1) is 0 Å². The zero-order chi connectivity index (χ0) is 11.4. The Labute approximate surface area is 96.5 Å². The molecule has 1 heterocycles. The Bertz CT molecular complexity index is 323. The number of nitrogens with zero attached hydrogens (tertiary/aromatic N) is 1. The van der Waals surface area contributed by atoms with Crippen LogP contribution in [-0.2, 0) is 6.54 Å². The molecule has 3 heteroatoms. The van der Waals surface area contributed by atoms with Gasteiger partial charge in [-0.05, 0) is 50.2 Å². The fourth-order valence-electron chi connectivity index (χ4n) is 2.22. The fraction of sp³-hybridized carbons (Fsp3) is 0.538. The summed E-state index contributed by atoms with van der Waals surface area (Å²) in [5, 5.41) is 3.43. The molecule has 0 bridgehead atoms. The van der Waals surface area contributed by atoms with Crippen LogP contribution in [0, 0.1) is 11.7 Å². The lowest BCUT2D eigenvalue weighted by atomic mass is 10.1. The molecule has 1 fully saturated rings. The summed E-state index contributed by atoms with van der Waals surface area (Å²) in [6.45, 7) is 4.29. The molecular formula is C13H19FN2. The summed E-state index contributed by atoms with van der Waals surface area (Å²) in [5.41, 5.74) is 1.15. The molecule has 1 saturated heterocycles. The molecule has 1 aromatic carbocycles. The van der Waals surface area contributed by atoms with Crippen LogP contribution in [0.1, 0.15) is 12.0 Å². The van der Waals surface area contributed by atoms with Gasteiger partial charge in [-0.3, -0.25) is 0 Å². The van der Waals surface area contributed by atoms with E-state index in [-0.39, 0.29) is 5.82 Å². The smallest absolute Gasteiger partial charge is 0.123 e. The third-order valence-corrected chi connectivity index (χ3v) is 3.16. The SMILES string of the molecule is CN1CCC(CNCc2ccc(F)cc2)C1. The van der Waals surface area contributed by atoms with Gasteiger partial charge in [0.25, 0.3) is 0 Å². The molecule has 1 atom stereocenters. The summed E-state index contributed by atoms with van der Waals surface area (Å²) in [7, 11) is 2.17. The molecule has 0 amide bonds. The van der Waals surface area contributed by atoms with Crippen molar-refractivity contribution >= 4 is 0 Å². The Morgan fingerprint density at radius 3 is 2.75 bits per heavy atom. The van der Waals surface area contributed by atoms with E-state index in [4.69, 9.17) is 0 Å². The van der Waals surface area contributed by atoms with E-state index in [2.05, 4.69) is 17.3 Å². The second kappa shape index (κ2) is 5.41. The third kappa shape index (κ3) is 3.29. The van der Waals surface area contributed by atoms with Crippen LogP contribution in [0.15, 0.2) is 24.3 Å². The number of hydrogen-bond acceptors (Lipinski definition) is 2.